The average Bonchev–Trinajstić information content (AvgIpc) is 3.09. The van der Waals surface area contributed by atoms with Crippen molar-refractivity contribution in [3.8, 4) is 5.75 Å². The molecule has 0 saturated heterocycles. The number of rotatable bonds is 7. The van der Waals surface area contributed by atoms with Crippen LogP contribution in [0.3, 0.4) is 0 Å². The molecule has 0 radical (unpaired) electrons. The number of ether oxygens (including phenoxy) is 1. The standard InChI is InChI=1S/C17H14F2N4O2S2/c18-11-6-7-14(13(19)10-11)20-15(24)21-16-22-17(23-27-16)26-9-8-25-12-4-2-1-3-5-12/h1-7,10H,8-9H2,(H2,20,21,22,23,24). The van der Waals surface area contributed by atoms with E-state index in [-0.39, 0.29) is 10.8 Å². The summed E-state index contributed by atoms with van der Waals surface area (Å²) in [6, 6.07) is 11.6. The molecule has 2 aromatic carbocycles. The number of carbonyl (C=O) groups excluding carboxylic acids is 1. The molecule has 3 aromatic rings. The Morgan fingerprint density at radius 1 is 1.15 bits per heavy atom. The van der Waals surface area contributed by atoms with Gasteiger partial charge in [0.25, 0.3) is 0 Å². The van der Waals surface area contributed by atoms with Gasteiger partial charge in [0.05, 0.1) is 12.3 Å². The second-order valence-electron chi connectivity index (χ2n) is 5.10. The first-order valence-electron chi connectivity index (χ1n) is 7.77. The minimum Gasteiger partial charge on any atom is -0.493 e. The molecule has 10 heteroatoms. The van der Waals surface area contributed by atoms with Crippen LogP contribution in [-0.4, -0.2) is 27.7 Å². The summed E-state index contributed by atoms with van der Waals surface area (Å²) in [5.74, 6) is -0.160. The molecule has 0 fully saturated rings. The molecular formula is C17H14F2N4O2S2. The molecule has 1 aromatic heterocycles. The van der Waals surface area contributed by atoms with Crippen molar-refractivity contribution in [2.24, 2.45) is 0 Å². The second-order valence-corrected chi connectivity index (χ2v) is 6.91. The molecule has 140 valence electrons. The Kier molecular flexibility index (Phi) is 6.55. The Morgan fingerprint density at radius 3 is 2.74 bits per heavy atom. The van der Waals surface area contributed by atoms with Gasteiger partial charge in [-0.3, -0.25) is 5.32 Å². The van der Waals surface area contributed by atoms with Gasteiger partial charge in [-0.1, -0.05) is 30.0 Å². The fourth-order valence-electron chi connectivity index (χ4n) is 1.97. The third kappa shape index (κ3) is 5.90. The van der Waals surface area contributed by atoms with Crippen molar-refractivity contribution < 1.29 is 18.3 Å². The largest absolute Gasteiger partial charge is 0.493 e. The van der Waals surface area contributed by atoms with E-state index in [2.05, 4.69) is 20.0 Å². The molecule has 2 N–H and O–H groups in total. The topological polar surface area (TPSA) is 76.1 Å². The Hall–Kier alpha value is -2.72. The summed E-state index contributed by atoms with van der Waals surface area (Å²) in [7, 11) is 0. The lowest BCUT2D eigenvalue weighted by Crippen LogP contribution is -2.20. The van der Waals surface area contributed by atoms with Crippen LogP contribution in [0.25, 0.3) is 0 Å². The summed E-state index contributed by atoms with van der Waals surface area (Å²) in [6.45, 7) is 0.487. The normalized spacial score (nSPS) is 10.4. The molecule has 0 saturated carbocycles. The first kappa shape index (κ1) is 19.1. The van der Waals surface area contributed by atoms with Crippen molar-refractivity contribution in [3.05, 3.63) is 60.2 Å². The molecule has 1 heterocycles. The van der Waals surface area contributed by atoms with Gasteiger partial charge in [0.2, 0.25) is 10.3 Å². The van der Waals surface area contributed by atoms with Crippen LogP contribution in [0, 0.1) is 11.6 Å². The van der Waals surface area contributed by atoms with Gasteiger partial charge >= 0.3 is 6.03 Å². The number of nitrogens with zero attached hydrogens (tertiary/aromatic N) is 2. The Morgan fingerprint density at radius 2 is 1.96 bits per heavy atom. The lowest BCUT2D eigenvalue weighted by molar-refractivity contribution is 0.262. The monoisotopic (exact) mass is 408 g/mol. The molecule has 0 unspecified atom stereocenters. The van der Waals surface area contributed by atoms with Gasteiger partial charge in [-0.15, -0.1) is 0 Å². The maximum atomic E-state index is 13.5. The number of carbonyl (C=O) groups is 1. The summed E-state index contributed by atoms with van der Waals surface area (Å²) in [4.78, 5) is 16.0. The van der Waals surface area contributed by atoms with E-state index in [0.29, 0.717) is 23.6 Å². The van der Waals surface area contributed by atoms with Crippen molar-refractivity contribution in [2.45, 2.75) is 5.16 Å². The molecule has 2 amide bonds. The van der Waals surface area contributed by atoms with E-state index < -0.39 is 17.7 Å². The van der Waals surface area contributed by atoms with Crippen LogP contribution in [0.2, 0.25) is 0 Å². The maximum absolute atomic E-state index is 13.5. The van der Waals surface area contributed by atoms with Gasteiger partial charge in [0.1, 0.15) is 17.4 Å². The van der Waals surface area contributed by atoms with Gasteiger partial charge in [-0.25, -0.2) is 13.6 Å². The predicted octanol–water partition coefficient (Wildman–Crippen LogP) is 4.63. The highest BCUT2D eigenvalue weighted by Crippen LogP contribution is 2.21. The molecule has 0 atom stereocenters. The Balaban J connectivity index is 1.44. The summed E-state index contributed by atoms with van der Waals surface area (Å²) < 4.78 is 36.1. The zero-order chi connectivity index (χ0) is 19.1. The average molecular weight is 408 g/mol. The number of para-hydroxylation sites is 1. The van der Waals surface area contributed by atoms with E-state index in [1.54, 1.807) is 0 Å². The van der Waals surface area contributed by atoms with Crippen molar-refractivity contribution in [2.75, 3.05) is 23.0 Å². The lowest BCUT2D eigenvalue weighted by Gasteiger charge is -2.06. The number of thioether (sulfide) groups is 1. The second kappa shape index (κ2) is 9.28. The van der Waals surface area contributed by atoms with Crippen molar-refractivity contribution in [1.29, 1.82) is 0 Å². The number of aromatic nitrogens is 2. The number of halogens is 2. The number of urea groups is 1. The summed E-state index contributed by atoms with van der Waals surface area (Å²) in [5.41, 5.74) is -0.133. The molecule has 0 aliphatic carbocycles. The molecule has 0 bridgehead atoms. The molecule has 27 heavy (non-hydrogen) atoms. The van der Waals surface area contributed by atoms with Crippen LogP contribution in [-0.2, 0) is 0 Å². The van der Waals surface area contributed by atoms with E-state index in [4.69, 9.17) is 4.74 Å². The molecular weight excluding hydrogens is 394 g/mol. The summed E-state index contributed by atoms with van der Waals surface area (Å²) >= 11 is 2.39. The minimum atomic E-state index is -0.864. The zero-order valence-electron chi connectivity index (χ0n) is 13.8. The number of anilines is 2. The van der Waals surface area contributed by atoms with Crippen LogP contribution < -0.4 is 15.4 Å². The number of amides is 2. The first-order chi connectivity index (χ1) is 13.1. The maximum Gasteiger partial charge on any atom is 0.325 e. The SMILES string of the molecule is O=C(Nc1nc(SCCOc2ccccc2)ns1)Nc1ccc(F)cc1F. The van der Waals surface area contributed by atoms with E-state index in [1.165, 1.54) is 11.8 Å². The van der Waals surface area contributed by atoms with Crippen molar-refractivity contribution in [3.63, 3.8) is 0 Å². The third-order valence-corrected chi connectivity index (χ3v) is 4.69. The number of hydrogen-bond donors (Lipinski definition) is 2. The van der Waals surface area contributed by atoms with Gasteiger partial charge in [-0.2, -0.15) is 9.36 Å². The zero-order valence-corrected chi connectivity index (χ0v) is 15.4. The summed E-state index contributed by atoms with van der Waals surface area (Å²) in [6.07, 6.45) is 0. The van der Waals surface area contributed by atoms with Gasteiger partial charge in [-0.05, 0) is 24.3 Å². The Bertz CT molecular complexity index is 909. The third-order valence-electron chi connectivity index (χ3n) is 3.13. The quantitative estimate of drug-likeness (QED) is 0.440. The summed E-state index contributed by atoms with van der Waals surface area (Å²) in [5, 5.41) is 5.51. The van der Waals surface area contributed by atoms with Crippen LogP contribution in [0.5, 0.6) is 5.75 Å². The lowest BCUT2D eigenvalue weighted by atomic mass is 10.3. The number of benzene rings is 2. The van der Waals surface area contributed by atoms with E-state index in [9.17, 15) is 13.6 Å². The Labute approximate surface area is 162 Å². The molecule has 0 aliphatic heterocycles. The fraction of sp³-hybridized carbons (Fsp3) is 0.118. The van der Waals surface area contributed by atoms with Crippen LogP contribution in [0.1, 0.15) is 0 Å². The van der Waals surface area contributed by atoms with Gasteiger partial charge in [0, 0.05) is 23.4 Å². The number of nitrogens with one attached hydrogen (secondary N) is 2. The molecule has 6 nitrogen and oxygen atoms in total. The fourth-order valence-corrected chi connectivity index (χ4v) is 3.33. The van der Waals surface area contributed by atoms with Gasteiger partial charge < -0.3 is 10.1 Å². The molecule has 0 aliphatic rings. The van der Waals surface area contributed by atoms with E-state index in [1.807, 2.05) is 30.3 Å². The predicted molar refractivity (Wildman–Crippen MR) is 102 cm³/mol. The van der Waals surface area contributed by atoms with Gasteiger partial charge in [0.15, 0.2) is 0 Å². The highest BCUT2D eigenvalue weighted by Gasteiger charge is 2.11. The van der Waals surface area contributed by atoms with E-state index in [0.717, 1.165) is 29.4 Å². The smallest absolute Gasteiger partial charge is 0.325 e. The minimum absolute atomic E-state index is 0.133. The highest BCUT2D eigenvalue weighted by atomic mass is 32.2. The molecule has 0 spiro atoms. The van der Waals surface area contributed by atoms with Crippen molar-refractivity contribution >= 4 is 40.1 Å². The van der Waals surface area contributed by atoms with Crippen LogP contribution in [0.4, 0.5) is 24.4 Å². The van der Waals surface area contributed by atoms with Crippen LogP contribution in [0.15, 0.2) is 53.7 Å². The first-order valence-corrected chi connectivity index (χ1v) is 9.53. The molecule has 3 rings (SSSR count). The highest BCUT2D eigenvalue weighted by molar-refractivity contribution is 7.99. The number of hydrogen-bond acceptors (Lipinski definition) is 6. The van der Waals surface area contributed by atoms with E-state index >= 15 is 0 Å². The van der Waals surface area contributed by atoms with Crippen LogP contribution >= 0.6 is 23.3 Å². The van der Waals surface area contributed by atoms with Crippen molar-refractivity contribution in [1.82, 2.24) is 9.36 Å².